The summed E-state index contributed by atoms with van der Waals surface area (Å²) in [6, 6.07) is 4.99. The van der Waals surface area contributed by atoms with Gasteiger partial charge in [-0.3, -0.25) is 4.79 Å². The Hall–Kier alpha value is -2.74. The molecule has 1 aromatic carbocycles. The number of hydrogen-bond donors (Lipinski definition) is 3. The molecule has 1 amide bonds. The van der Waals surface area contributed by atoms with Gasteiger partial charge in [-0.2, -0.15) is 5.10 Å². The van der Waals surface area contributed by atoms with Crippen LogP contribution in [0.3, 0.4) is 0 Å². The van der Waals surface area contributed by atoms with Gasteiger partial charge in [0.2, 0.25) is 0 Å². The molecule has 0 unspecified atom stereocenters. The van der Waals surface area contributed by atoms with E-state index < -0.39 is 23.4 Å². The number of carbonyl (C=O) groups is 2. The molecule has 0 atom stereocenters. The molecule has 1 aromatic heterocycles. The number of carboxylic acid groups (broad SMARTS) is 1. The molecule has 0 saturated heterocycles. The third-order valence-corrected chi connectivity index (χ3v) is 3.80. The number of rotatable bonds is 2. The maximum Gasteiger partial charge on any atom is 0.434 e. The van der Waals surface area contributed by atoms with Gasteiger partial charge in [0, 0.05) is 17.7 Å². The molecule has 1 aliphatic rings. The average Bonchev–Trinajstić information content (AvgIpc) is 2.98. The zero-order valence-corrected chi connectivity index (χ0v) is 12.6. The fraction of sp³-hybridized carbons (Fsp3) is 0.267. The molecule has 0 fully saturated rings. The van der Waals surface area contributed by atoms with Crippen molar-refractivity contribution in [2.45, 2.75) is 25.9 Å². The van der Waals surface area contributed by atoms with Crippen LogP contribution in [0.15, 0.2) is 24.3 Å². The number of benzene rings is 1. The summed E-state index contributed by atoms with van der Waals surface area (Å²) >= 11 is 0. The van der Waals surface area contributed by atoms with Crippen molar-refractivity contribution in [3.63, 3.8) is 0 Å². The molecular formula is C15H15FN4O3. The molecule has 3 rings (SSSR count). The Kier molecular flexibility index (Phi) is 3.41. The highest BCUT2D eigenvalue weighted by Gasteiger charge is 2.37. The van der Waals surface area contributed by atoms with Crippen LogP contribution in [0.5, 0.6) is 0 Å². The van der Waals surface area contributed by atoms with E-state index in [4.69, 9.17) is 0 Å². The molecule has 7 nitrogen and oxygen atoms in total. The number of fused-ring (bicyclic) bond motifs is 1. The number of nitrogens with zero attached hydrogens (tertiary/aromatic N) is 2. The van der Waals surface area contributed by atoms with E-state index in [0.717, 1.165) is 4.68 Å². The van der Waals surface area contributed by atoms with E-state index in [0.29, 0.717) is 17.8 Å². The quantitative estimate of drug-likeness (QED) is 0.788. The van der Waals surface area contributed by atoms with Crippen LogP contribution in [0, 0.1) is 5.82 Å². The van der Waals surface area contributed by atoms with Crippen LogP contribution in [0.25, 0.3) is 0 Å². The number of nitrogens with one attached hydrogen (secondary N) is 2. The largest absolute Gasteiger partial charge is 0.463 e. The number of amides is 1. The van der Waals surface area contributed by atoms with E-state index in [1.807, 2.05) is 13.8 Å². The third kappa shape index (κ3) is 2.57. The number of halogens is 1. The van der Waals surface area contributed by atoms with Gasteiger partial charge in [0.25, 0.3) is 5.91 Å². The molecule has 120 valence electrons. The summed E-state index contributed by atoms with van der Waals surface area (Å²) < 4.78 is 13.7. The molecule has 2 heterocycles. The van der Waals surface area contributed by atoms with Crippen molar-refractivity contribution >= 4 is 17.8 Å². The molecule has 2 aromatic rings. The van der Waals surface area contributed by atoms with Crippen molar-refractivity contribution < 1.29 is 19.1 Å². The molecule has 8 heteroatoms. The highest BCUT2D eigenvalue weighted by molar-refractivity contribution is 6.05. The SMILES string of the molecule is CC1(C)NCc2c1nn(C(=O)O)c2NC(=O)c1ccc(F)cc1. The number of aromatic nitrogens is 2. The molecule has 0 aliphatic carbocycles. The lowest BCUT2D eigenvalue weighted by molar-refractivity contribution is 0.102. The summed E-state index contributed by atoms with van der Waals surface area (Å²) in [7, 11) is 0. The van der Waals surface area contributed by atoms with Gasteiger partial charge in [0.05, 0.1) is 11.2 Å². The van der Waals surface area contributed by atoms with E-state index >= 15 is 0 Å². The second-order valence-corrected chi connectivity index (χ2v) is 5.81. The first-order chi connectivity index (χ1) is 10.8. The smallest absolute Gasteiger partial charge is 0.434 e. The first-order valence-electron chi connectivity index (χ1n) is 6.97. The first-order valence-corrected chi connectivity index (χ1v) is 6.97. The van der Waals surface area contributed by atoms with E-state index in [9.17, 15) is 19.1 Å². The third-order valence-electron chi connectivity index (χ3n) is 3.80. The van der Waals surface area contributed by atoms with Gasteiger partial charge in [-0.25, -0.2) is 9.18 Å². The van der Waals surface area contributed by atoms with Gasteiger partial charge in [-0.05, 0) is 38.1 Å². The lowest BCUT2D eigenvalue weighted by Gasteiger charge is -2.16. The van der Waals surface area contributed by atoms with Crippen molar-refractivity contribution in [2.24, 2.45) is 0 Å². The minimum absolute atomic E-state index is 0.111. The first kappa shape index (κ1) is 15.2. The topological polar surface area (TPSA) is 96.2 Å². The normalized spacial score (nSPS) is 15.3. The van der Waals surface area contributed by atoms with E-state index in [1.54, 1.807) is 0 Å². The molecule has 0 saturated carbocycles. The van der Waals surface area contributed by atoms with E-state index in [2.05, 4.69) is 15.7 Å². The Morgan fingerprint density at radius 2 is 2.00 bits per heavy atom. The molecule has 0 bridgehead atoms. The highest BCUT2D eigenvalue weighted by atomic mass is 19.1. The van der Waals surface area contributed by atoms with Crippen molar-refractivity contribution in [3.8, 4) is 0 Å². The van der Waals surface area contributed by atoms with Crippen molar-refractivity contribution in [1.29, 1.82) is 0 Å². The summed E-state index contributed by atoms with van der Waals surface area (Å²) in [5, 5.41) is 19.1. The predicted octanol–water partition coefficient (Wildman–Crippen LogP) is 2.14. The fourth-order valence-corrected chi connectivity index (χ4v) is 2.56. The summed E-state index contributed by atoms with van der Waals surface area (Å²) in [4.78, 5) is 23.7. The number of hydrogen-bond acceptors (Lipinski definition) is 4. The summed E-state index contributed by atoms with van der Waals surface area (Å²) in [6.45, 7) is 4.15. The maximum absolute atomic E-state index is 12.9. The van der Waals surface area contributed by atoms with Gasteiger partial charge in [0.1, 0.15) is 11.6 Å². The Balaban J connectivity index is 1.98. The fourth-order valence-electron chi connectivity index (χ4n) is 2.56. The second kappa shape index (κ2) is 5.17. The lowest BCUT2D eigenvalue weighted by atomic mass is 10.0. The summed E-state index contributed by atoms with van der Waals surface area (Å²) in [5.41, 5.74) is 0.955. The molecule has 0 radical (unpaired) electrons. The number of carbonyl (C=O) groups excluding carboxylic acids is 1. The van der Waals surface area contributed by atoms with Gasteiger partial charge >= 0.3 is 6.09 Å². The van der Waals surface area contributed by atoms with Crippen LogP contribution in [0.4, 0.5) is 15.0 Å². The number of anilines is 1. The van der Waals surface area contributed by atoms with Crippen LogP contribution in [-0.2, 0) is 12.1 Å². The highest BCUT2D eigenvalue weighted by Crippen LogP contribution is 2.34. The van der Waals surface area contributed by atoms with Gasteiger partial charge in [0.15, 0.2) is 0 Å². The van der Waals surface area contributed by atoms with Gasteiger partial charge in [-0.1, -0.05) is 0 Å². The van der Waals surface area contributed by atoms with E-state index in [-0.39, 0.29) is 11.4 Å². The van der Waals surface area contributed by atoms with Crippen LogP contribution < -0.4 is 10.6 Å². The maximum atomic E-state index is 12.9. The molecule has 3 N–H and O–H groups in total. The monoisotopic (exact) mass is 318 g/mol. The van der Waals surface area contributed by atoms with Crippen molar-refractivity contribution in [1.82, 2.24) is 15.1 Å². The van der Waals surface area contributed by atoms with Crippen LogP contribution >= 0.6 is 0 Å². The second-order valence-electron chi connectivity index (χ2n) is 5.81. The van der Waals surface area contributed by atoms with Crippen LogP contribution in [0.2, 0.25) is 0 Å². The minimum Gasteiger partial charge on any atom is -0.463 e. The molecular weight excluding hydrogens is 303 g/mol. The Morgan fingerprint density at radius 3 is 2.61 bits per heavy atom. The van der Waals surface area contributed by atoms with Crippen LogP contribution in [-0.4, -0.2) is 26.9 Å². The molecule has 1 aliphatic heterocycles. The van der Waals surface area contributed by atoms with Crippen molar-refractivity contribution in [2.75, 3.05) is 5.32 Å². The van der Waals surface area contributed by atoms with Gasteiger partial charge in [-0.15, -0.1) is 4.68 Å². The Labute approximate surface area is 131 Å². The minimum atomic E-state index is -1.29. The average molecular weight is 318 g/mol. The standard InChI is InChI=1S/C15H15FN4O3/c1-15(2)11-10(7-17-15)12(20(19-11)14(22)23)18-13(21)8-3-5-9(16)6-4-8/h3-6,17H,7H2,1-2H3,(H,18,21)(H,22,23). The van der Waals surface area contributed by atoms with Crippen LogP contribution in [0.1, 0.15) is 35.5 Å². The molecule has 23 heavy (non-hydrogen) atoms. The Morgan fingerprint density at radius 1 is 1.35 bits per heavy atom. The summed E-state index contributed by atoms with van der Waals surface area (Å²) in [6.07, 6.45) is -1.29. The lowest BCUT2D eigenvalue weighted by Crippen LogP contribution is -2.31. The zero-order valence-electron chi connectivity index (χ0n) is 12.6. The van der Waals surface area contributed by atoms with Crippen molar-refractivity contribution in [3.05, 3.63) is 46.9 Å². The zero-order chi connectivity index (χ0) is 16.8. The summed E-state index contributed by atoms with van der Waals surface area (Å²) in [5.74, 6) is -0.872. The predicted molar refractivity (Wildman–Crippen MR) is 79.9 cm³/mol. The molecule has 0 spiro atoms. The van der Waals surface area contributed by atoms with Gasteiger partial charge < -0.3 is 15.7 Å². The Bertz CT molecular complexity index is 796. The van der Waals surface area contributed by atoms with E-state index in [1.165, 1.54) is 24.3 Å².